The minimum absolute atomic E-state index is 0.519. The lowest BCUT2D eigenvalue weighted by Gasteiger charge is -2.04. The Kier molecular flexibility index (Phi) is 4.03. The highest BCUT2D eigenvalue weighted by Crippen LogP contribution is 2.29. The molecule has 0 saturated carbocycles. The molecule has 1 aromatic carbocycles. The van der Waals surface area contributed by atoms with Crippen LogP contribution in [0.25, 0.3) is 21.5 Å². The van der Waals surface area contributed by atoms with Crippen LogP contribution >= 0.6 is 27.3 Å². The summed E-state index contributed by atoms with van der Waals surface area (Å²) >= 11 is 5.05. The van der Waals surface area contributed by atoms with Crippen LogP contribution in [-0.2, 0) is 6.54 Å². The van der Waals surface area contributed by atoms with Crippen LogP contribution in [0.3, 0.4) is 0 Å². The minimum Gasteiger partial charge on any atom is -0.362 e. The molecule has 5 nitrogen and oxygen atoms in total. The van der Waals surface area contributed by atoms with Crippen LogP contribution in [0.4, 0.5) is 5.82 Å². The maximum Gasteiger partial charge on any atom is 0.156 e. The molecule has 0 atom stereocenters. The Labute approximate surface area is 150 Å². The second-order valence-corrected chi connectivity index (χ2v) is 7.13. The highest BCUT2D eigenvalue weighted by molar-refractivity contribution is 9.10. The van der Waals surface area contributed by atoms with Gasteiger partial charge in [-0.15, -0.1) is 11.3 Å². The number of hydrogen-bond acceptors (Lipinski definition) is 6. The van der Waals surface area contributed by atoms with Gasteiger partial charge in [0.2, 0.25) is 0 Å². The van der Waals surface area contributed by atoms with Crippen molar-refractivity contribution < 1.29 is 4.52 Å². The zero-order valence-electron chi connectivity index (χ0n) is 12.8. The van der Waals surface area contributed by atoms with Gasteiger partial charge in [-0.2, -0.15) is 0 Å². The van der Waals surface area contributed by atoms with Crippen molar-refractivity contribution in [1.82, 2.24) is 15.1 Å². The molecule has 0 unspecified atom stereocenters. The van der Waals surface area contributed by atoms with Crippen molar-refractivity contribution in [2.45, 2.75) is 13.5 Å². The third-order valence-electron chi connectivity index (χ3n) is 3.68. The summed E-state index contributed by atoms with van der Waals surface area (Å²) in [5.41, 5.74) is 3.01. The Balaban J connectivity index is 1.54. The molecule has 4 aromatic rings. The number of anilines is 1. The molecule has 0 radical (unpaired) electrons. The molecule has 0 spiro atoms. The third-order valence-corrected chi connectivity index (χ3v) is 5.22. The van der Waals surface area contributed by atoms with E-state index < -0.39 is 0 Å². The van der Waals surface area contributed by atoms with Crippen molar-refractivity contribution in [3.05, 3.63) is 57.8 Å². The van der Waals surface area contributed by atoms with Crippen molar-refractivity contribution in [2.75, 3.05) is 5.32 Å². The molecule has 3 heterocycles. The standard InChI is InChI=1S/C17H13BrN4OS/c1-10-8-24-17-15(10)16(20-9-21-17)19-7-13-6-14(22-23-13)11-2-4-12(18)5-3-11/h2-6,8-9H,7H2,1H3,(H,19,20,21). The van der Waals surface area contributed by atoms with E-state index in [1.807, 2.05) is 30.3 Å². The van der Waals surface area contributed by atoms with Gasteiger partial charge in [-0.25, -0.2) is 9.97 Å². The Morgan fingerprint density at radius 3 is 2.88 bits per heavy atom. The van der Waals surface area contributed by atoms with E-state index in [2.05, 4.69) is 48.7 Å². The molecule has 4 rings (SSSR count). The molecule has 24 heavy (non-hydrogen) atoms. The first-order valence-electron chi connectivity index (χ1n) is 7.35. The van der Waals surface area contributed by atoms with E-state index in [-0.39, 0.29) is 0 Å². The predicted molar refractivity (Wildman–Crippen MR) is 99.1 cm³/mol. The number of aromatic nitrogens is 3. The Hall–Kier alpha value is -2.25. The molecular formula is C17H13BrN4OS. The fraction of sp³-hybridized carbons (Fsp3) is 0.118. The van der Waals surface area contributed by atoms with Gasteiger partial charge in [0.25, 0.3) is 0 Å². The van der Waals surface area contributed by atoms with E-state index in [1.165, 1.54) is 5.56 Å². The Morgan fingerprint density at radius 1 is 1.21 bits per heavy atom. The van der Waals surface area contributed by atoms with E-state index in [0.29, 0.717) is 6.54 Å². The van der Waals surface area contributed by atoms with Gasteiger partial charge >= 0.3 is 0 Å². The van der Waals surface area contributed by atoms with Gasteiger partial charge in [-0.1, -0.05) is 33.2 Å². The van der Waals surface area contributed by atoms with Gasteiger partial charge in [0.15, 0.2) is 5.76 Å². The van der Waals surface area contributed by atoms with E-state index >= 15 is 0 Å². The maximum absolute atomic E-state index is 5.43. The molecule has 120 valence electrons. The quantitative estimate of drug-likeness (QED) is 0.520. The fourth-order valence-electron chi connectivity index (χ4n) is 2.48. The Morgan fingerprint density at radius 2 is 2.04 bits per heavy atom. The third kappa shape index (κ3) is 2.92. The molecule has 0 bridgehead atoms. The average molecular weight is 401 g/mol. The molecule has 0 aliphatic carbocycles. The summed E-state index contributed by atoms with van der Waals surface area (Å²) in [5, 5.41) is 10.6. The molecule has 0 fully saturated rings. The first-order valence-corrected chi connectivity index (χ1v) is 9.02. The Bertz CT molecular complexity index is 993. The highest BCUT2D eigenvalue weighted by Gasteiger charge is 2.10. The van der Waals surface area contributed by atoms with Crippen molar-refractivity contribution >= 4 is 43.3 Å². The van der Waals surface area contributed by atoms with Crippen LogP contribution in [0.5, 0.6) is 0 Å². The number of aryl methyl sites for hydroxylation is 1. The van der Waals surface area contributed by atoms with Crippen LogP contribution in [0.2, 0.25) is 0 Å². The van der Waals surface area contributed by atoms with Crippen LogP contribution in [0.15, 0.2) is 51.0 Å². The van der Waals surface area contributed by atoms with Crippen LogP contribution in [-0.4, -0.2) is 15.1 Å². The molecule has 3 aromatic heterocycles. The zero-order chi connectivity index (χ0) is 16.5. The number of rotatable bonds is 4. The van der Waals surface area contributed by atoms with Gasteiger partial charge in [-0.3, -0.25) is 0 Å². The summed E-state index contributed by atoms with van der Waals surface area (Å²) in [5.74, 6) is 1.58. The molecule has 0 saturated heterocycles. The van der Waals surface area contributed by atoms with E-state index in [1.54, 1.807) is 17.7 Å². The van der Waals surface area contributed by atoms with E-state index in [4.69, 9.17) is 4.52 Å². The first-order chi connectivity index (χ1) is 11.7. The predicted octanol–water partition coefficient (Wildman–Crippen LogP) is 5.03. The summed E-state index contributed by atoms with van der Waals surface area (Å²) in [6, 6.07) is 9.91. The number of fused-ring (bicyclic) bond motifs is 1. The smallest absolute Gasteiger partial charge is 0.156 e. The molecule has 0 amide bonds. The number of hydrogen-bond donors (Lipinski definition) is 1. The molecule has 1 N–H and O–H groups in total. The number of benzene rings is 1. The second kappa shape index (κ2) is 6.33. The summed E-state index contributed by atoms with van der Waals surface area (Å²) < 4.78 is 6.47. The number of nitrogens with one attached hydrogen (secondary N) is 1. The minimum atomic E-state index is 0.519. The van der Waals surface area contributed by atoms with Crippen LogP contribution in [0.1, 0.15) is 11.3 Å². The molecule has 0 aliphatic heterocycles. The normalized spacial score (nSPS) is 11.1. The topological polar surface area (TPSA) is 63.8 Å². The van der Waals surface area contributed by atoms with Gasteiger partial charge in [-0.05, 0) is 30.0 Å². The number of nitrogens with zero attached hydrogens (tertiary/aromatic N) is 3. The van der Waals surface area contributed by atoms with Crippen LogP contribution < -0.4 is 5.32 Å². The van der Waals surface area contributed by atoms with Gasteiger partial charge in [0.05, 0.1) is 11.9 Å². The van der Waals surface area contributed by atoms with E-state index in [0.717, 1.165) is 37.5 Å². The summed E-state index contributed by atoms with van der Waals surface area (Å²) in [6.45, 7) is 2.58. The summed E-state index contributed by atoms with van der Waals surface area (Å²) in [6.07, 6.45) is 1.58. The van der Waals surface area contributed by atoms with Crippen molar-refractivity contribution in [3.8, 4) is 11.3 Å². The van der Waals surface area contributed by atoms with Crippen molar-refractivity contribution in [2.24, 2.45) is 0 Å². The van der Waals surface area contributed by atoms with Gasteiger partial charge < -0.3 is 9.84 Å². The molecular weight excluding hydrogens is 388 g/mol. The summed E-state index contributed by atoms with van der Waals surface area (Å²) in [7, 11) is 0. The lowest BCUT2D eigenvalue weighted by Crippen LogP contribution is -2.01. The monoisotopic (exact) mass is 400 g/mol. The average Bonchev–Trinajstić information content (AvgIpc) is 3.21. The van der Waals surface area contributed by atoms with Crippen molar-refractivity contribution in [1.29, 1.82) is 0 Å². The SMILES string of the molecule is Cc1csc2ncnc(NCc3cc(-c4ccc(Br)cc4)no3)c12. The van der Waals surface area contributed by atoms with Crippen molar-refractivity contribution in [3.63, 3.8) is 0 Å². The van der Waals surface area contributed by atoms with Crippen LogP contribution in [0, 0.1) is 6.92 Å². The largest absolute Gasteiger partial charge is 0.362 e. The molecule has 7 heteroatoms. The lowest BCUT2D eigenvalue weighted by atomic mass is 10.1. The second-order valence-electron chi connectivity index (χ2n) is 5.36. The molecule has 0 aliphatic rings. The van der Waals surface area contributed by atoms with E-state index in [9.17, 15) is 0 Å². The number of halogens is 1. The van der Waals surface area contributed by atoms with Gasteiger partial charge in [0.1, 0.15) is 22.7 Å². The highest BCUT2D eigenvalue weighted by atomic mass is 79.9. The lowest BCUT2D eigenvalue weighted by molar-refractivity contribution is 0.390. The fourth-order valence-corrected chi connectivity index (χ4v) is 3.63. The zero-order valence-corrected chi connectivity index (χ0v) is 15.2. The summed E-state index contributed by atoms with van der Waals surface area (Å²) in [4.78, 5) is 9.63. The van der Waals surface area contributed by atoms with Gasteiger partial charge in [0, 0.05) is 16.1 Å². The first kappa shape index (κ1) is 15.3. The maximum atomic E-state index is 5.43. The number of thiophene rings is 1.